The van der Waals surface area contributed by atoms with Gasteiger partial charge < -0.3 is 15.4 Å². The number of nitrogens with two attached hydrogens (primary N) is 1. The lowest BCUT2D eigenvalue weighted by molar-refractivity contribution is 0.166. The molecule has 0 bridgehead atoms. The molecule has 1 aliphatic rings. The van der Waals surface area contributed by atoms with Crippen LogP contribution in [0, 0.1) is 0 Å². The van der Waals surface area contributed by atoms with Gasteiger partial charge in [-0.05, 0) is 31.4 Å². The van der Waals surface area contributed by atoms with Crippen LogP contribution in [-0.2, 0) is 4.74 Å². The van der Waals surface area contributed by atoms with Gasteiger partial charge in [-0.15, -0.1) is 0 Å². The third-order valence-electron chi connectivity index (χ3n) is 3.23. The van der Waals surface area contributed by atoms with Crippen molar-refractivity contribution >= 4 is 11.4 Å². The highest BCUT2D eigenvalue weighted by Gasteiger charge is 2.23. The molecule has 0 aromatic heterocycles. The maximum Gasteiger partial charge on any atom is 0.0666 e. The van der Waals surface area contributed by atoms with Crippen LogP contribution in [0.4, 0.5) is 11.4 Å². The second-order valence-electron chi connectivity index (χ2n) is 4.36. The Hall–Kier alpha value is -1.22. The average molecular weight is 220 g/mol. The van der Waals surface area contributed by atoms with E-state index >= 15 is 0 Å². The van der Waals surface area contributed by atoms with Gasteiger partial charge in [-0.25, -0.2) is 0 Å². The smallest absolute Gasteiger partial charge is 0.0666 e. The Bertz CT molecular complexity index is 338. The van der Waals surface area contributed by atoms with Crippen LogP contribution in [0.1, 0.15) is 19.3 Å². The van der Waals surface area contributed by atoms with E-state index in [1.165, 1.54) is 19.3 Å². The van der Waals surface area contributed by atoms with Gasteiger partial charge in [0.05, 0.1) is 24.0 Å². The monoisotopic (exact) mass is 220 g/mol. The Morgan fingerprint density at radius 3 is 2.94 bits per heavy atom. The Balaban J connectivity index is 2.19. The topological polar surface area (TPSA) is 38.5 Å². The van der Waals surface area contributed by atoms with E-state index in [-0.39, 0.29) is 0 Å². The van der Waals surface area contributed by atoms with E-state index in [1.54, 1.807) is 7.11 Å². The maximum atomic E-state index is 6.03. The van der Waals surface area contributed by atoms with Crippen LogP contribution in [0.5, 0.6) is 0 Å². The largest absolute Gasteiger partial charge is 0.397 e. The molecule has 1 aliphatic heterocycles. The molecule has 1 aromatic carbocycles. The van der Waals surface area contributed by atoms with Crippen LogP contribution in [-0.4, -0.2) is 26.3 Å². The van der Waals surface area contributed by atoms with Crippen molar-refractivity contribution in [3.8, 4) is 0 Å². The van der Waals surface area contributed by atoms with Gasteiger partial charge in [-0.1, -0.05) is 12.1 Å². The summed E-state index contributed by atoms with van der Waals surface area (Å²) in [6.45, 7) is 1.87. The summed E-state index contributed by atoms with van der Waals surface area (Å²) in [4.78, 5) is 2.39. The van der Waals surface area contributed by atoms with Crippen molar-refractivity contribution in [2.75, 3.05) is 30.9 Å². The number of nitrogen functional groups attached to an aromatic ring is 1. The summed E-state index contributed by atoms with van der Waals surface area (Å²) < 4.78 is 5.29. The third-order valence-corrected chi connectivity index (χ3v) is 3.23. The maximum absolute atomic E-state index is 6.03. The molecule has 0 spiro atoms. The number of hydrogen-bond acceptors (Lipinski definition) is 3. The quantitative estimate of drug-likeness (QED) is 0.794. The second-order valence-corrected chi connectivity index (χ2v) is 4.36. The van der Waals surface area contributed by atoms with Crippen molar-refractivity contribution in [1.29, 1.82) is 0 Å². The summed E-state index contributed by atoms with van der Waals surface area (Å²) in [5, 5.41) is 0. The summed E-state index contributed by atoms with van der Waals surface area (Å²) in [6, 6.07) is 8.57. The van der Waals surface area contributed by atoms with E-state index in [2.05, 4.69) is 11.0 Å². The standard InChI is InChI=1S/C13H20N2O/c1-16-10-11-6-4-5-9-15(11)13-8-3-2-7-12(13)14/h2-3,7-8,11H,4-6,9-10,14H2,1H3/t11-/m0/s1. The van der Waals surface area contributed by atoms with Crippen molar-refractivity contribution < 1.29 is 4.74 Å². The molecule has 0 unspecified atom stereocenters. The van der Waals surface area contributed by atoms with Crippen LogP contribution in [0.3, 0.4) is 0 Å². The first-order chi connectivity index (χ1) is 7.83. The molecule has 3 nitrogen and oxygen atoms in total. The molecular weight excluding hydrogens is 200 g/mol. The fourth-order valence-electron chi connectivity index (χ4n) is 2.43. The first kappa shape index (κ1) is 11.3. The highest BCUT2D eigenvalue weighted by molar-refractivity contribution is 5.67. The molecule has 0 amide bonds. The Kier molecular flexibility index (Phi) is 3.67. The van der Waals surface area contributed by atoms with Gasteiger partial charge in [0.15, 0.2) is 0 Å². The van der Waals surface area contributed by atoms with Crippen molar-refractivity contribution in [2.45, 2.75) is 25.3 Å². The summed E-state index contributed by atoms with van der Waals surface area (Å²) >= 11 is 0. The molecule has 1 aromatic rings. The molecule has 16 heavy (non-hydrogen) atoms. The minimum Gasteiger partial charge on any atom is -0.397 e. The van der Waals surface area contributed by atoms with Crippen LogP contribution in [0.25, 0.3) is 0 Å². The summed E-state index contributed by atoms with van der Waals surface area (Å²) in [6.07, 6.45) is 3.73. The van der Waals surface area contributed by atoms with E-state index in [0.717, 1.165) is 24.5 Å². The number of piperidine rings is 1. The zero-order chi connectivity index (χ0) is 11.4. The summed E-state index contributed by atoms with van der Waals surface area (Å²) in [7, 11) is 1.77. The van der Waals surface area contributed by atoms with E-state index in [0.29, 0.717) is 6.04 Å². The number of methoxy groups -OCH3 is 1. The molecular formula is C13H20N2O. The second kappa shape index (κ2) is 5.21. The number of hydrogen-bond donors (Lipinski definition) is 1. The Morgan fingerprint density at radius 1 is 1.38 bits per heavy atom. The number of para-hydroxylation sites is 2. The summed E-state index contributed by atoms with van der Waals surface area (Å²) in [5.41, 5.74) is 8.05. The predicted octanol–water partition coefficient (Wildman–Crippen LogP) is 2.27. The first-order valence-corrected chi connectivity index (χ1v) is 5.93. The molecule has 88 valence electrons. The van der Waals surface area contributed by atoms with Crippen LogP contribution in [0.15, 0.2) is 24.3 Å². The zero-order valence-electron chi connectivity index (χ0n) is 9.86. The first-order valence-electron chi connectivity index (χ1n) is 5.93. The molecule has 0 aliphatic carbocycles. The molecule has 3 heteroatoms. The lowest BCUT2D eigenvalue weighted by atomic mass is 10.0. The highest BCUT2D eigenvalue weighted by Crippen LogP contribution is 2.29. The number of ether oxygens (including phenoxy) is 1. The molecule has 2 N–H and O–H groups in total. The summed E-state index contributed by atoms with van der Waals surface area (Å²) in [5.74, 6) is 0. The van der Waals surface area contributed by atoms with Crippen LogP contribution < -0.4 is 10.6 Å². The molecule has 2 rings (SSSR count). The average Bonchev–Trinajstić information content (AvgIpc) is 2.31. The van der Waals surface area contributed by atoms with Gasteiger partial charge in [0.1, 0.15) is 0 Å². The van der Waals surface area contributed by atoms with Crippen molar-refractivity contribution in [3.05, 3.63) is 24.3 Å². The molecule has 0 saturated carbocycles. The fraction of sp³-hybridized carbons (Fsp3) is 0.538. The molecule has 1 fully saturated rings. The van der Waals surface area contributed by atoms with Gasteiger partial charge in [-0.3, -0.25) is 0 Å². The number of rotatable bonds is 3. The lowest BCUT2D eigenvalue weighted by Crippen LogP contribution is -2.42. The fourth-order valence-corrected chi connectivity index (χ4v) is 2.43. The molecule has 0 radical (unpaired) electrons. The number of anilines is 2. The SMILES string of the molecule is COC[C@@H]1CCCCN1c1ccccc1N. The highest BCUT2D eigenvalue weighted by atomic mass is 16.5. The van der Waals surface area contributed by atoms with Gasteiger partial charge in [0, 0.05) is 13.7 Å². The Labute approximate surface area is 97.2 Å². The van der Waals surface area contributed by atoms with Crippen molar-refractivity contribution in [1.82, 2.24) is 0 Å². The van der Waals surface area contributed by atoms with Crippen LogP contribution >= 0.6 is 0 Å². The van der Waals surface area contributed by atoms with E-state index in [4.69, 9.17) is 10.5 Å². The number of benzene rings is 1. The lowest BCUT2D eigenvalue weighted by Gasteiger charge is -2.37. The molecule has 1 atom stereocenters. The molecule has 1 heterocycles. The minimum absolute atomic E-state index is 0.475. The normalized spacial score (nSPS) is 21.1. The third kappa shape index (κ3) is 2.30. The molecule has 1 saturated heterocycles. The van der Waals surface area contributed by atoms with Gasteiger partial charge in [0.2, 0.25) is 0 Å². The van der Waals surface area contributed by atoms with Gasteiger partial charge >= 0.3 is 0 Å². The van der Waals surface area contributed by atoms with E-state index in [9.17, 15) is 0 Å². The van der Waals surface area contributed by atoms with Crippen LogP contribution in [0.2, 0.25) is 0 Å². The minimum atomic E-state index is 0.475. The van der Waals surface area contributed by atoms with Crippen molar-refractivity contribution in [3.63, 3.8) is 0 Å². The predicted molar refractivity (Wildman–Crippen MR) is 67.7 cm³/mol. The van der Waals surface area contributed by atoms with E-state index < -0.39 is 0 Å². The van der Waals surface area contributed by atoms with Gasteiger partial charge in [-0.2, -0.15) is 0 Å². The Morgan fingerprint density at radius 2 is 2.19 bits per heavy atom. The van der Waals surface area contributed by atoms with E-state index in [1.807, 2.05) is 18.2 Å². The zero-order valence-corrected chi connectivity index (χ0v) is 9.86. The van der Waals surface area contributed by atoms with Crippen molar-refractivity contribution in [2.24, 2.45) is 0 Å². The number of nitrogens with zero attached hydrogens (tertiary/aromatic N) is 1. The van der Waals surface area contributed by atoms with Gasteiger partial charge in [0.25, 0.3) is 0 Å².